The van der Waals surface area contributed by atoms with E-state index in [-0.39, 0.29) is 11.8 Å². The van der Waals surface area contributed by atoms with Crippen LogP contribution in [-0.4, -0.2) is 29.0 Å². The van der Waals surface area contributed by atoms with E-state index in [1.165, 1.54) is 0 Å². The molecule has 6 nitrogen and oxygen atoms in total. The average Bonchev–Trinajstić information content (AvgIpc) is 3.43. The number of fused-ring (bicyclic) bond motifs is 3. The van der Waals surface area contributed by atoms with E-state index in [0.29, 0.717) is 24.5 Å². The Morgan fingerprint density at radius 2 is 1.94 bits per heavy atom. The van der Waals surface area contributed by atoms with Gasteiger partial charge in [0.25, 0.3) is 5.91 Å². The van der Waals surface area contributed by atoms with Crippen LogP contribution in [0.5, 0.6) is 5.75 Å². The summed E-state index contributed by atoms with van der Waals surface area (Å²) in [7, 11) is 1.61. The van der Waals surface area contributed by atoms with Crippen molar-refractivity contribution in [2.75, 3.05) is 12.0 Å². The number of nitrogens with one attached hydrogen (secondary N) is 1. The molecule has 1 aliphatic heterocycles. The van der Waals surface area contributed by atoms with Gasteiger partial charge in [0, 0.05) is 23.2 Å². The molecule has 4 aromatic rings. The maximum atomic E-state index is 14.0. The minimum atomic E-state index is -1.12. The molecule has 34 heavy (non-hydrogen) atoms. The van der Waals surface area contributed by atoms with Gasteiger partial charge in [0.1, 0.15) is 21.8 Å². The lowest BCUT2D eigenvalue weighted by Gasteiger charge is -2.44. The molecule has 5 rings (SSSR count). The fraction of sp³-hybridized carbons (Fsp3) is 0.259. The van der Waals surface area contributed by atoms with E-state index in [1.807, 2.05) is 85.3 Å². The number of ether oxygens (including phenoxy) is 1. The van der Waals surface area contributed by atoms with Gasteiger partial charge in [0.2, 0.25) is 5.91 Å². The zero-order chi connectivity index (χ0) is 24.0. The number of anilines is 1. The van der Waals surface area contributed by atoms with Crippen LogP contribution in [0.15, 0.2) is 60.0 Å². The largest absolute Gasteiger partial charge is 0.496 e. The molecule has 0 radical (unpaired) electrons. The fourth-order valence-electron chi connectivity index (χ4n) is 4.77. The molecule has 0 saturated heterocycles. The fourth-order valence-corrected chi connectivity index (χ4v) is 5.66. The molecule has 3 heterocycles. The Morgan fingerprint density at radius 3 is 2.74 bits per heavy atom. The van der Waals surface area contributed by atoms with Gasteiger partial charge in [-0.3, -0.25) is 14.5 Å². The predicted octanol–water partition coefficient (Wildman–Crippen LogP) is 5.06. The zero-order valence-electron chi connectivity index (χ0n) is 19.7. The first-order chi connectivity index (χ1) is 16.3. The molecule has 2 aromatic heterocycles. The lowest BCUT2D eigenvalue weighted by molar-refractivity contribution is -0.126. The van der Waals surface area contributed by atoms with E-state index in [2.05, 4.69) is 5.32 Å². The summed E-state index contributed by atoms with van der Waals surface area (Å²) >= 11 is 1.58. The number of hydrogen-bond donors (Lipinski definition) is 1. The van der Waals surface area contributed by atoms with Crippen LogP contribution in [0.2, 0.25) is 0 Å². The van der Waals surface area contributed by atoms with Crippen molar-refractivity contribution in [1.29, 1.82) is 0 Å². The van der Waals surface area contributed by atoms with E-state index >= 15 is 0 Å². The second kappa shape index (κ2) is 8.33. The summed E-state index contributed by atoms with van der Waals surface area (Å²) in [6, 6.07) is 17.4. The number of benzene rings is 2. The van der Waals surface area contributed by atoms with Crippen LogP contribution < -0.4 is 15.0 Å². The van der Waals surface area contributed by atoms with Crippen LogP contribution in [0, 0.1) is 13.8 Å². The van der Waals surface area contributed by atoms with Gasteiger partial charge in [0.05, 0.1) is 13.7 Å². The highest BCUT2D eigenvalue weighted by atomic mass is 32.1. The van der Waals surface area contributed by atoms with Gasteiger partial charge < -0.3 is 14.6 Å². The first-order valence-electron chi connectivity index (χ1n) is 11.2. The lowest BCUT2D eigenvalue weighted by Crippen LogP contribution is -2.64. The van der Waals surface area contributed by atoms with Crippen LogP contribution >= 0.6 is 11.3 Å². The Morgan fingerprint density at radius 1 is 1.15 bits per heavy atom. The molecule has 174 valence electrons. The summed E-state index contributed by atoms with van der Waals surface area (Å²) < 4.78 is 7.43. The summed E-state index contributed by atoms with van der Waals surface area (Å²) in [5, 5.41) is 6.11. The number of aromatic nitrogens is 1. The number of nitrogens with zero attached hydrogens (tertiary/aromatic N) is 2. The van der Waals surface area contributed by atoms with Crippen molar-refractivity contribution in [1.82, 2.24) is 9.88 Å². The second-order valence-corrected chi connectivity index (χ2v) is 9.82. The molecule has 0 fully saturated rings. The Balaban J connectivity index is 1.59. The second-order valence-electron chi connectivity index (χ2n) is 8.92. The van der Waals surface area contributed by atoms with E-state index in [1.54, 1.807) is 23.3 Å². The number of thiophene rings is 1. The van der Waals surface area contributed by atoms with Gasteiger partial charge in [-0.15, -0.1) is 11.3 Å². The Hall–Kier alpha value is -3.58. The number of hydrogen-bond acceptors (Lipinski definition) is 4. The van der Waals surface area contributed by atoms with E-state index in [0.717, 1.165) is 32.6 Å². The number of aryl methyl sites for hydroxylation is 1. The molecular formula is C27H27N3O3S. The van der Waals surface area contributed by atoms with Crippen molar-refractivity contribution in [3.05, 3.63) is 82.4 Å². The van der Waals surface area contributed by atoms with Gasteiger partial charge >= 0.3 is 0 Å². The number of rotatable bonds is 5. The van der Waals surface area contributed by atoms with Gasteiger partial charge in [-0.2, -0.15) is 0 Å². The molecule has 0 unspecified atom stereocenters. The molecule has 0 bridgehead atoms. The third kappa shape index (κ3) is 3.39. The minimum Gasteiger partial charge on any atom is -0.496 e. The highest BCUT2D eigenvalue weighted by molar-refractivity contribution is 7.16. The number of carbonyl (C=O) groups is 2. The monoisotopic (exact) mass is 473 g/mol. The number of methoxy groups -OCH3 is 1. The molecule has 2 amide bonds. The van der Waals surface area contributed by atoms with Crippen molar-refractivity contribution >= 4 is 39.1 Å². The van der Waals surface area contributed by atoms with Gasteiger partial charge in [-0.05, 0) is 61.5 Å². The highest BCUT2D eigenvalue weighted by Gasteiger charge is 2.49. The quantitative estimate of drug-likeness (QED) is 0.441. The predicted molar refractivity (Wildman–Crippen MR) is 136 cm³/mol. The molecule has 1 atom stereocenters. The van der Waals surface area contributed by atoms with Crippen LogP contribution in [0.3, 0.4) is 0 Å². The van der Waals surface area contributed by atoms with E-state index in [4.69, 9.17) is 4.74 Å². The minimum absolute atomic E-state index is 0.168. The van der Waals surface area contributed by atoms with Crippen LogP contribution in [0.1, 0.15) is 34.1 Å². The maximum absolute atomic E-state index is 14.0. The van der Waals surface area contributed by atoms with Crippen molar-refractivity contribution < 1.29 is 14.3 Å². The third-order valence-electron chi connectivity index (χ3n) is 6.82. The summed E-state index contributed by atoms with van der Waals surface area (Å²) in [6.07, 6.45) is 0. The summed E-state index contributed by atoms with van der Waals surface area (Å²) in [5.41, 5.74) is 3.18. The van der Waals surface area contributed by atoms with Crippen LogP contribution in [0.4, 0.5) is 5.69 Å². The summed E-state index contributed by atoms with van der Waals surface area (Å²) in [5.74, 6) is 0.335. The Labute approximate surface area is 202 Å². The Bertz CT molecular complexity index is 1420. The molecule has 1 aliphatic rings. The first kappa shape index (κ1) is 22.2. The smallest absolute Gasteiger partial charge is 0.275 e. The first-order valence-corrected chi connectivity index (χ1v) is 12.1. The number of carbonyl (C=O) groups excluding carboxylic acids is 2. The van der Waals surface area contributed by atoms with Crippen LogP contribution in [0.25, 0.3) is 10.2 Å². The van der Waals surface area contributed by atoms with Crippen molar-refractivity contribution in [3.8, 4) is 5.75 Å². The molecule has 1 N–H and O–H groups in total. The van der Waals surface area contributed by atoms with Gasteiger partial charge in [0.15, 0.2) is 0 Å². The lowest BCUT2D eigenvalue weighted by atomic mass is 9.92. The molecule has 0 saturated carbocycles. The third-order valence-corrected chi connectivity index (χ3v) is 7.77. The summed E-state index contributed by atoms with van der Waals surface area (Å²) in [6.45, 7) is 6.54. The molecule has 0 spiro atoms. The average molecular weight is 474 g/mol. The van der Waals surface area contributed by atoms with Gasteiger partial charge in [-0.1, -0.05) is 30.3 Å². The standard InChI is InChI=1S/C27H27N3O3S/c1-17-8-7-10-21(18(17)2)30-24(31)22-14-19-12-13-34-25(19)29(22)16-27(30,3)26(32)28-15-20-9-5-6-11-23(20)33-4/h5-14H,15-16H2,1-4H3,(H,28,32)/t27-/m1/s1. The maximum Gasteiger partial charge on any atom is 0.275 e. The molecule has 2 aromatic carbocycles. The van der Waals surface area contributed by atoms with Crippen molar-refractivity contribution in [2.24, 2.45) is 0 Å². The van der Waals surface area contributed by atoms with E-state index < -0.39 is 5.54 Å². The molecule has 7 heteroatoms. The molecular weight excluding hydrogens is 446 g/mol. The van der Waals surface area contributed by atoms with Crippen molar-refractivity contribution in [3.63, 3.8) is 0 Å². The van der Waals surface area contributed by atoms with Crippen LogP contribution in [-0.2, 0) is 17.9 Å². The topological polar surface area (TPSA) is 63.6 Å². The zero-order valence-corrected chi connectivity index (χ0v) is 20.5. The SMILES string of the molecule is COc1ccccc1CNC(=O)[C@@]1(C)Cn2c(cc3ccsc32)C(=O)N1c1cccc(C)c1C. The highest BCUT2D eigenvalue weighted by Crippen LogP contribution is 2.39. The number of amides is 2. The van der Waals surface area contributed by atoms with E-state index in [9.17, 15) is 9.59 Å². The number of para-hydroxylation sites is 1. The van der Waals surface area contributed by atoms with Crippen molar-refractivity contribution in [2.45, 2.75) is 39.4 Å². The Kier molecular flexibility index (Phi) is 5.44. The van der Waals surface area contributed by atoms with Gasteiger partial charge in [-0.25, -0.2) is 0 Å². The summed E-state index contributed by atoms with van der Waals surface area (Å²) in [4.78, 5) is 30.5. The molecule has 0 aliphatic carbocycles. The normalized spacial score (nSPS) is 17.6.